The normalized spacial score (nSPS) is 10.3. The number of rotatable bonds is 9. The van der Waals surface area contributed by atoms with Gasteiger partial charge in [-0.1, -0.05) is 44.0 Å². The minimum Gasteiger partial charge on any atom is -0.495 e. The summed E-state index contributed by atoms with van der Waals surface area (Å²) >= 11 is 6.65. The van der Waals surface area contributed by atoms with Gasteiger partial charge in [-0.15, -0.1) is 0 Å². The lowest BCUT2D eigenvalue weighted by atomic mass is 10.2. The van der Waals surface area contributed by atoms with E-state index in [0.717, 1.165) is 48.5 Å². The molecule has 2 amide bonds. The molecule has 292 valence electrons. The van der Waals surface area contributed by atoms with Crippen molar-refractivity contribution in [1.29, 1.82) is 0 Å². The lowest BCUT2D eigenvalue weighted by Crippen LogP contribution is -2.20. The Balaban J connectivity index is 0.000000164. The number of isocyanates is 1. The van der Waals surface area contributed by atoms with E-state index in [0.29, 0.717) is 35.1 Å². The average Bonchev–Trinajstić information content (AvgIpc) is 3.84. The molecule has 8 aromatic rings. The van der Waals surface area contributed by atoms with Gasteiger partial charge in [0.2, 0.25) is 6.08 Å². The smallest absolute Gasteiger partial charge is 0.323 e. The number of benzene rings is 4. The zero-order valence-electron chi connectivity index (χ0n) is 31.2. The number of pyridine rings is 2. The van der Waals surface area contributed by atoms with Crippen LogP contribution in [0.5, 0.6) is 11.5 Å². The van der Waals surface area contributed by atoms with E-state index in [-0.39, 0.29) is 6.03 Å². The number of anilines is 3. The summed E-state index contributed by atoms with van der Waals surface area (Å²) < 4.78 is 15.8. The molecule has 14 nitrogen and oxygen atoms in total. The van der Waals surface area contributed by atoms with Crippen LogP contribution in [-0.4, -0.2) is 55.9 Å². The average molecular weight is 905 g/mol. The van der Waals surface area contributed by atoms with Gasteiger partial charge < -0.3 is 25.8 Å². The highest BCUT2D eigenvalue weighted by Crippen LogP contribution is 2.31. The van der Waals surface area contributed by atoms with Crippen molar-refractivity contribution in [1.82, 2.24) is 29.5 Å². The summed E-state index contributed by atoms with van der Waals surface area (Å²) in [5.74, 6) is 1.13. The van der Waals surface area contributed by atoms with Gasteiger partial charge in [0.05, 0.1) is 62.1 Å². The van der Waals surface area contributed by atoms with Crippen LogP contribution in [0.3, 0.4) is 0 Å². The van der Waals surface area contributed by atoms with E-state index in [9.17, 15) is 9.59 Å². The zero-order valence-corrected chi connectivity index (χ0v) is 34.4. The highest BCUT2D eigenvalue weighted by molar-refractivity contribution is 9.10. The molecule has 0 saturated heterocycles. The molecule has 4 N–H and O–H groups in total. The van der Waals surface area contributed by atoms with Crippen LogP contribution in [0.4, 0.5) is 27.5 Å². The number of nitrogens with one attached hydrogen (secondary N) is 2. The number of ether oxygens (including phenoxy) is 2. The molecule has 0 bridgehead atoms. The Labute approximate surface area is 350 Å². The van der Waals surface area contributed by atoms with Crippen molar-refractivity contribution in [2.24, 2.45) is 4.99 Å². The van der Waals surface area contributed by atoms with Crippen molar-refractivity contribution in [3.63, 3.8) is 0 Å². The maximum Gasteiger partial charge on any atom is 0.323 e. The molecule has 0 aliphatic carbocycles. The molecule has 0 unspecified atom stereocenters. The Morgan fingerprint density at radius 2 is 1.24 bits per heavy atom. The molecule has 4 aromatic heterocycles. The standard InChI is InChI=1S/C21H18BrN5O2.C13H12N4.C8H6BrNO2/c1-29-20-6-5-15(22)11-18(20)26-21(28)25-17-3-2-4-19-16(17)12-24-27(19)13-14-7-9-23-10-8-14;14-12-2-1-3-13-11(12)8-16-17(13)9-10-4-6-15-7-5-10;1-12-8-3-2-6(9)4-7(8)10-5-11/h2-12H,13H2,1H3,(H2,25,26,28);1-8H,9,14H2;2-4H,1H3. The number of hydrogen-bond donors (Lipinski definition) is 3. The van der Waals surface area contributed by atoms with Crippen molar-refractivity contribution in [2.45, 2.75) is 13.1 Å². The van der Waals surface area contributed by atoms with Crippen LogP contribution in [0.25, 0.3) is 21.8 Å². The fraction of sp³-hybridized carbons (Fsp3) is 0.0952. The van der Waals surface area contributed by atoms with E-state index in [2.05, 4.69) is 67.7 Å². The Kier molecular flexibility index (Phi) is 13.9. The molecular formula is C42H36Br2N10O4. The second kappa shape index (κ2) is 19.8. The molecule has 4 heterocycles. The molecule has 8 rings (SSSR count). The third-order valence-electron chi connectivity index (χ3n) is 8.54. The van der Waals surface area contributed by atoms with Crippen molar-refractivity contribution in [3.05, 3.63) is 154 Å². The molecule has 0 spiro atoms. The predicted octanol–water partition coefficient (Wildman–Crippen LogP) is 9.38. The molecule has 0 radical (unpaired) electrons. The number of halogens is 2. The highest BCUT2D eigenvalue weighted by atomic mass is 79.9. The first-order valence-electron chi connectivity index (χ1n) is 17.5. The van der Waals surface area contributed by atoms with Crippen LogP contribution < -0.4 is 25.8 Å². The minimum atomic E-state index is -0.365. The number of methoxy groups -OCH3 is 2. The van der Waals surface area contributed by atoms with Crippen LogP contribution in [0.2, 0.25) is 0 Å². The third kappa shape index (κ3) is 10.5. The van der Waals surface area contributed by atoms with Crippen LogP contribution in [-0.2, 0) is 17.9 Å². The highest BCUT2D eigenvalue weighted by Gasteiger charge is 2.13. The number of urea groups is 1. The zero-order chi connectivity index (χ0) is 40.9. The lowest BCUT2D eigenvalue weighted by Gasteiger charge is -2.12. The number of nitrogen functional groups attached to an aromatic ring is 1. The number of aromatic nitrogens is 6. The fourth-order valence-electron chi connectivity index (χ4n) is 5.77. The fourth-order valence-corrected chi connectivity index (χ4v) is 6.48. The van der Waals surface area contributed by atoms with Crippen LogP contribution >= 0.6 is 31.9 Å². The van der Waals surface area contributed by atoms with Gasteiger partial charge in [0, 0.05) is 50.2 Å². The topological polar surface area (TPSA) is 176 Å². The number of carbonyl (C=O) groups is 1. The van der Waals surface area contributed by atoms with Gasteiger partial charge in [-0.2, -0.15) is 15.2 Å². The molecular weight excluding hydrogens is 868 g/mol. The van der Waals surface area contributed by atoms with E-state index in [1.807, 2.05) is 88.4 Å². The Morgan fingerprint density at radius 3 is 1.84 bits per heavy atom. The molecule has 16 heteroatoms. The summed E-state index contributed by atoms with van der Waals surface area (Å²) in [4.78, 5) is 34.1. The summed E-state index contributed by atoms with van der Waals surface area (Å²) in [5, 5.41) is 16.4. The SMILES string of the molecule is COc1ccc(Br)cc1N=C=O.COc1ccc(Br)cc1NC(=O)Nc1cccc2c1cnn2Cc1ccncc1.Nc1cccc2c1cnn2Cc1ccncc1. The van der Waals surface area contributed by atoms with Gasteiger partial charge in [-0.05, 0) is 96.1 Å². The van der Waals surface area contributed by atoms with E-state index >= 15 is 0 Å². The number of fused-ring (bicyclic) bond motifs is 2. The Bertz CT molecular complexity index is 2680. The first kappa shape index (κ1) is 40.8. The number of aliphatic imine (C=N–C) groups is 1. The van der Waals surface area contributed by atoms with Crippen LogP contribution in [0.1, 0.15) is 11.1 Å². The quantitative estimate of drug-likeness (QED) is 0.0724. The van der Waals surface area contributed by atoms with Gasteiger partial charge in [-0.3, -0.25) is 19.3 Å². The van der Waals surface area contributed by atoms with E-state index in [1.165, 1.54) is 18.8 Å². The Morgan fingerprint density at radius 1 is 0.707 bits per heavy atom. The molecule has 58 heavy (non-hydrogen) atoms. The van der Waals surface area contributed by atoms with Gasteiger partial charge in [0.25, 0.3) is 0 Å². The summed E-state index contributed by atoms with van der Waals surface area (Å²) in [6.45, 7) is 1.35. The number of hydrogen-bond acceptors (Lipinski definition) is 10. The number of nitrogens with two attached hydrogens (primary N) is 1. The maximum atomic E-state index is 12.6. The summed E-state index contributed by atoms with van der Waals surface area (Å²) in [6, 6.07) is 29.7. The number of amides is 2. The monoisotopic (exact) mass is 902 g/mol. The Hall–Kier alpha value is -6.87. The van der Waals surface area contributed by atoms with E-state index in [4.69, 9.17) is 15.2 Å². The molecule has 0 fully saturated rings. The summed E-state index contributed by atoms with van der Waals surface area (Å²) in [5.41, 5.74) is 12.6. The number of carbonyl (C=O) groups excluding carboxylic acids is 2. The van der Waals surface area contributed by atoms with Crippen molar-refractivity contribution >= 4 is 88.5 Å². The lowest BCUT2D eigenvalue weighted by molar-refractivity contribution is 0.262. The second-order valence-corrected chi connectivity index (χ2v) is 14.1. The predicted molar refractivity (Wildman–Crippen MR) is 232 cm³/mol. The van der Waals surface area contributed by atoms with Crippen molar-refractivity contribution < 1.29 is 19.1 Å². The van der Waals surface area contributed by atoms with E-state index < -0.39 is 0 Å². The van der Waals surface area contributed by atoms with Gasteiger partial charge in [0.15, 0.2) is 0 Å². The molecule has 0 saturated carbocycles. The summed E-state index contributed by atoms with van der Waals surface area (Å²) in [6.07, 6.45) is 12.1. The largest absolute Gasteiger partial charge is 0.495 e. The van der Waals surface area contributed by atoms with Gasteiger partial charge in [-0.25, -0.2) is 9.59 Å². The first-order chi connectivity index (χ1) is 28.3. The van der Waals surface area contributed by atoms with Gasteiger partial charge in [0.1, 0.15) is 17.2 Å². The summed E-state index contributed by atoms with van der Waals surface area (Å²) in [7, 11) is 3.08. The minimum absolute atomic E-state index is 0.365. The van der Waals surface area contributed by atoms with E-state index in [1.54, 1.807) is 62.4 Å². The van der Waals surface area contributed by atoms with Gasteiger partial charge >= 0.3 is 6.03 Å². The van der Waals surface area contributed by atoms with Crippen molar-refractivity contribution in [2.75, 3.05) is 30.6 Å². The molecule has 0 aliphatic rings. The molecule has 0 aliphatic heterocycles. The molecule has 4 aromatic carbocycles. The number of nitrogens with zero attached hydrogens (tertiary/aromatic N) is 7. The third-order valence-corrected chi connectivity index (χ3v) is 9.52. The second-order valence-electron chi connectivity index (χ2n) is 12.3. The molecule has 0 atom stereocenters. The van der Waals surface area contributed by atoms with Crippen molar-refractivity contribution in [3.8, 4) is 11.5 Å². The van der Waals surface area contributed by atoms with Crippen LogP contribution in [0, 0.1) is 0 Å². The first-order valence-corrected chi connectivity index (χ1v) is 19.1. The maximum absolute atomic E-state index is 12.6. The van der Waals surface area contributed by atoms with Crippen LogP contribution in [0.15, 0.2) is 148 Å².